The Bertz CT molecular complexity index is 475. The molecule has 6 nitrogen and oxygen atoms in total. The summed E-state index contributed by atoms with van der Waals surface area (Å²) in [7, 11) is 0. The number of carbonyl (C=O) groups excluding carboxylic acids is 1. The van der Waals surface area contributed by atoms with Gasteiger partial charge < -0.3 is 15.1 Å². The molecule has 0 spiro atoms. The molecule has 0 atom stereocenters. The summed E-state index contributed by atoms with van der Waals surface area (Å²) >= 11 is 1.85. The second kappa shape index (κ2) is 12.4. The largest absolute Gasteiger partial charge is 0.357 e. The minimum atomic E-state index is 0. The monoisotopic (exact) mass is 511 g/mol. The van der Waals surface area contributed by atoms with Crippen molar-refractivity contribution in [3.8, 4) is 0 Å². The number of amides is 1. The molecule has 0 saturated carbocycles. The van der Waals surface area contributed by atoms with Gasteiger partial charge in [-0.15, -0.1) is 24.0 Å². The highest BCUT2D eigenvalue weighted by molar-refractivity contribution is 14.0. The number of hydrogen-bond donors (Lipinski definition) is 1. The van der Waals surface area contributed by atoms with Crippen molar-refractivity contribution in [2.45, 2.75) is 44.8 Å². The van der Waals surface area contributed by atoms with Crippen LogP contribution in [0, 0.1) is 0 Å². The number of aliphatic imine (C=N–C) groups is 1. The fourth-order valence-electron chi connectivity index (χ4n) is 3.31. The lowest BCUT2D eigenvalue weighted by Gasteiger charge is -2.37. The molecule has 0 aromatic rings. The van der Waals surface area contributed by atoms with Crippen molar-refractivity contribution in [2.75, 3.05) is 65.2 Å². The smallest absolute Gasteiger partial charge is 0.236 e. The van der Waals surface area contributed by atoms with Crippen LogP contribution in [0.15, 0.2) is 4.99 Å². The summed E-state index contributed by atoms with van der Waals surface area (Å²) in [6, 6.07) is 0. The van der Waals surface area contributed by atoms with E-state index in [2.05, 4.69) is 42.1 Å². The van der Waals surface area contributed by atoms with Crippen LogP contribution in [-0.4, -0.2) is 96.5 Å². The first-order valence-electron chi connectivity index (χ1n) is 10.0. The predicted octanol–water partition coefficient (Wildman–Crippen LogP) is 2.34. The molecule has 2 rings (SSSR count). The molecule has 0 aromatic heterocycles. The van der Waals surface area contributed by atoms with Gasteiger partial charge >= 0.3 is 0 Å². The van der Waals surface area contributed by atoms with Gasteiger partial charge in [0.2, 0.25) is 5.91 Å². The molecular weight excluding hydrogens is 473 g/mol. The van der Waals surface area contributed by atoms with E-state index in [4.69, 9.17) is 4.99 Å². The average molecular weight is 512 g/mol. The zero-order valence-electron chi connectivity index (χ0n) is 17.5. The molecule has 2 saturated heterocycles. The summed E-state index contributed by atoms with van der Waals surface area (Å²) in [6.45, 7) is 14.4. The number of piperidine rings is 1. The molecule has 27 heavy (non-hydrogen) atoms. The van der Waals surface area contributed by atoms with Crippen LogP contribution in [0.5, 0.6) is 0 Å². The van der Waals surface area contributed by atoms with Gasteiger partial charge in [-0.25, -0.2) is 0 Å². The number of nitrogens with zero attached hydrogens (tertiary/aromatic N) is 4. The predicted molar refractivity (Wildman–Crippen MR) is 127 cm³/mol. The highest BCUT2D eigenvalue weighted by Gasteiger charge is 2.24. The third kappa shape index (κ3) is 8.35. The molecule has 1 amide bonds. The van der Waals surface area contributed by atoms with Crippen molar-refractivity contribution in [2.24, 2.45) is 4.99 Å². The third-order valence-corrected chi connectivity index (χ3v) is 6.47. The van der Waals surface area contributed by atoms with Crippen LogP contribution < -0.4 is 5.32 Å². The van der Waals surface area contributed by atoms with Crippen LogP contribution >= 0.6 is 35.7 Å². The number of thioether (sulfide) groups is 1. The van der Waals surface area contributed by atoms with Crippen molar-refractivity contribution in [3.05, 3.63) is 0 Å². The van der Waals surface area contributed by atoms with Crippen LogP contribution in [0.1, 0.15) is 40.0 Å². The maximum Gasteiger partial charge on any atom is 0.236 e. The lowest BCUT2D eigenvalue weighted by Crippen LogP contribution is -2.54. The second-order valence-electron chi connectivity index (χ2n) is 7.84. The van der Waals surface area contributed by atoms with Crippen LogP contribution in [0.25, 0.3) is 0 Å². The Kier molecular flexibility index (Phi) is 11.4. The minimum Gasteiger partial charge on any atom is -0.357 e. The molecular formula is C19H38IN5OS. The van der Waals surface area contributed by atoms with Crippen LogP contribution in [0.3, 0.4) is 0 Å². The summed E-state index contributed by atoms with van der Waals surface area (Å²) in [6.07, 6.45) is 5.73. The van der Waals surface area contributed by atoms with E-state index in [9.17, 15) is 4.79 Å². The Morgan fingerprint density at radius 3 is 2.22 bits per heavy atom. The third-order valence-electron chi connectivity index (χ3n) is 5.24. The maximum absolute atomic E-state index is 12.5. The molecule has 0 aliphatic carbocycles. The summed E-state index contributed by atoms with van der Waals surface area (Å²) in [5.74, 6) is 1.32. The second-order valence-corrected chi connectivity index (χ2v) is 9.35. The van der Waals surface area contributed by atoms with E-state index in [1.165, 1.54) is 6.42 Å². The topological polar surface area (TPSA) is 51.2 Å². The molecule has 0 radical (unpaired) electrons. The lowest BCUT2D eigenvalue weighted by molar-refractivity contribution is -0.133. The minimum absolute atomic E-state index is 0. The van der Waals surface area contributed by atoms with E-state index >= 15 is 0 Å². The molecule has 1 N–H and O–H groups in total. The first-order chi connectivity index (χ1) is 12.4. The molecule has 2 aliphatic heterocycles. The van der Waals surface area contributed by atoms with Crippen molar-refractivity contribution in [1.82, 2.24) is 20.0 Å². The van der Waals surface area contributed by atoms with Gasteiger partial charge in [-0.05, 0) is 46.3 Å². The number of carbonyl (C=O) groups is 1. The fraction of sp³-hybridized carbons (Fsp3) is 0.895. The van der Waals surface area contributed by atoms with Crippen molar-refractivity contribution in [3.63, 3.8) is 0 Å². The van der Waals surface area contributed by atoms with E-state index in [0.717, 1.165) is 71.2 Å². The van der Waals surface area contributed by atoms with Crippen LogP contribution in [-0.2, 0) is 4.79 Å². The molecule has 0 unspecified atom stereocenters. The van der Waals surface area contributed by atoms with Gasteiger partial charge in [0.25, 0.3) is 0 Å². The van der Waals surface area contributed by atoms with Gasteiger partial charge in [-0.1, -0.05) is 0 Å². The van der Waals surface area contributed by atoms with Gasteiger partial charge in [0.05, 0.1) is 13.1 Å². The molecule has 2 aliphatic rings. The maximum atomic E-state index is 12.5. The quantitative estimate of drug-likeness (QED) is 0.337. The zero-order chi connectivity index (χ0) is 19.0. The van der Waals surface area contributed by atoms with E-state index in [0.29, 0.717) is 12.5 Å². The van der Waals surface area contributed by atoms with E-state index in [-0.39, 0.29) is 28.7 Å². The summed E-state index contributed by atoms with van der Waals surface area (Å²) in [5, 5.41) is 3.43. The van der Waals surface area contributed by atoms with E-state index in [1.54, 1.807) is 0 Å². The summed E-state index contributed by atoms with van der Waals surface area (Å²) in [5.41, 5.74) is 0. The SMILES string of the molecule is CCNC(=NCC(C)(C)SC)N1CCN(CC(=O)N2CCCCC2)CC1.I. The van der Waals surface area contributed by atoms with Crippen molar-refractivity contribution >= 4 is 47.6 Å². The highest BCUT2D eigenvalue weighted by Crippen LogP contribution is 2.21. The van der Waals surface area contributed by atoms with Gasteiger partial charge in [0.15, 0.2) is 5.96 Å². The van der Waals surface area contributed by atoms with Gasteiger partial charge in [-0.2, -0.15) is 11.8 Å². The number of halogens is 1. The Hall–Kier alpha value is -0.220. The van der Waals surface area contributed by atoms with Gasteiger partial charge in [0.1, 0.15) is 0 Å². The van der Waals surface area contributed by atoms with Crippen molar-refractivity contribution in [1.29, 1.82) is 0 Å². The fourth-order valence-corrected chi connectivity index (χ4v) is 3.50. The molecule has 0 aromatic carbocycles. The standard InChI is InChI=1S/C19H37N5OS.HI/c1-5-20-18(21-16-19(2,3)26-4)24-13-11-22(12-14-24)15-17(25)23-9-7-6-8-10-23;/h5-16H2,1-4H3,(H,20,21);1H. The molecule has 2 heterocycles. The normalized spacial score (nSPS) is 19.6. The summed E-state index contributed by atoms with van der Waals surface area (Å²) in [4.78, 5) is 24.0. The Labute approximate surface area is 186 Å². The van der Waals surface area contributed by atoms with Crippen LogP contribution in [0.2, 0.25) is 0 Å². The number of rotatable bonds is 6. The number of nitrogens with one attached hydrogen (secondary N) is 1. The average Bonchev–Trinajstić information content (AvgIpc) is 2.66. The summed E-state index contributed by atoms with van der Waals surface area (Å²) < 4.78 is 0.156. The van der Waals surface area contributed by atoms with Gasteiger partial charge in [0, 0.05) is 50.6 Å². The highest BCUT2D eigenvalue weighted by atomic mass is 127. The Balaban J connectivity index is 0.00000364. The van der Waals surface area contributed by atoms with E-state index in [1.807, 2.05) is 16.7 Å². The lowest BCUT2D eigenvalue weighted by atomic mass is 10.1. The molecule has 2 fully saturated rings. The molecule has 158 valence electrons. The van der Waals surface area contributed by atoms with E-state index < -0.39 is 0 Å². The number of guanidine groups is 1. The van der Waals surface area contributed by atoms with Gasteiger partial charge in [-0.3, -0.25) is 14.7 Å². The number of likely N-dealkylation sites (tertiary alicyclic amines) is 1. The first kappa shape index (κ1) is 24.8. The number of hydrogen-bond acceptors (Lipinski definition) is 4. The molecule has 8 heteroatoms. The Morgan fingerprint density at radius 2 is 1.67 bits per heavy atom. The number of piperazine rings is 1. The van der Waals surface area contributed by atoms with Crippen molar-refractivity contribution < 1.29 is 4.79 Å². The van der Waals surface area contributed by atoms with Crippen LogP contribution in [0.4, 0.5) is 0 Å². The molecule has 0 bridgehead atoms. The first-order valence-corrected chi connectivity index (χ1v) is 11.3. The Morgan fingerprint density at radius 1 is 1.04 bits per heavy atom. The zero-order valence-corrected chi connectivity index (χ0v) is 20.6.